The van der Waals surface area contributed by atoms with Crippen molar-refractivity contribution in [1.29, 1.82) is 0 Å². The molecule has 0 aliphatic rings. The van der Waals surface area contributed by atoms with Crippen molar-refractivity contribution in [2.45, 2.75) is 31.2 Å². The van der Waals surface area contributed by atoms with Crippen LogP contribution in [0, 0.1) is 13.8 Å². The molecule has 154 valence electrons. The standard InChI is InChI=1S/C19H21N3O4S3/c1-10-11(2)27-17-15(10)18(24)22(4)19(20-17)28-12(3)16(23)13-6-8-14(9-7-13)21-29(5,25)26/h6-9,12,21H,1-5H3. The molecule has 3 aromatic rings. The van der Waals surface area contributed by atoms with Crippen molar-refractivity contribution < 1.29 is 13.2 Å². The van der Waals surface area contributed by atoms with E-state index < -0.39 is 15.3 Å². The lowest BCUT2D eigenvalue weighted by Crippen LogP contribution is -2.22. The minimum absolute atomic E-state index is 0.116. The molecule has 0 spiro atoms. The molecule has 1 N–H and O–H groups in total. The maximum absolute atomic E-state index is 12.8. The van der Waals surface area contributed by atoms with Gasteiger partial charge in [0.05, 0.1) is 16.9 Å². The number of rotatable bonds is 6. The van der Waals surface area contributed by atoms with Crippen molar-refractivity contribution in [3.8, 4) is 0 Å². The van der Waals surface area contributed by atoms with Crippen molar-refractivity contribution in [3.63, 3.8) is 0 Å². The Hall–Kier alpha value is -2.17. The Morgan fingerprint density at radius 2 is 1.86 bits per heavy atom. The van der Waals surface area contributed by atoms with Crippen LogP contribution in [0.4, 0.5) is 5.69 Å². The summed E-state index contributed by atoms with van der Waals surface area (Å²) in [7, 11) is -1.72. The summed E-state index contributed by atoms with van der Waals surface area (Å²) >= 11 is 2.70. The molecule has 0 radical (unpaired) electrons. The molecule has 0 saturated heterocycles. The molecular formula is C19H21N3O4S3. The maximum Gasteiger partial charge on any atom is 0.262 e. The predicted octanol–water partition coefficient (Wildman–Crippen LogP) is 3.35. The second-order valence-electron chi connectivity index (χ2n) is 6.80. The van der Waals surface area contributed by atoms with Gasteiger partial charge in [-0.1, -0.05) is 11.8 Å². The van der Waals surface area contributed by atoms with E-state index in [1.807, 2.05) is 13.8 Å². The number of anilines is 1. The topological polar surface area (TPSA) is 98.1 Å². The summed E-state index contributed by atoms with van der Waals surface area (Å²) in [5, 5.41) is 0.647. The zero-order valence-corrected chi connectivity index (χ0v) is 19.1. The molecule has 0 aliphatic heterocycles. The van der Waals surface area contributed by atoms with Gasteiger partial charge in [0.15, 0.2) is 10.9 Å². The van der Waals surface area contributed by atoms with Crippen LogP contribution in [0.3, 0.4) is 0 Å². The van der Waals surface area contributed by atoms with Gasteiger partial charge in [0.1, 0.15) is 4.83 Å². The Morgan fingerprint density at radius 3 is 2.45 bits per heavy atom. The number of hydrogen-bond donors (Lipinski definition) is 1. The number of ketones is 1. The number of nitrogens with zero attached hydrogens (tertiary/aromatic N) is 2. The highest BCUT2D eigenvalue weighted by atomic mass is 32.2. The molecule has 0 amide bonds. The summed E-state index contributed by atoms with van der Waals surface area (Å²) in [4.78, 5) is 31.9. The van der Waals surface area contributed by atoms with E-state index >= 15 is 0 Å². The number of benzene rings is 1. The number of fused-ring (bicyclic) bond motifs is 1. The third kappa shape index (κ3) is 4.54. The van der Waals surface area contributed by atoms with Gasteiger partial charge in [0.2, 0.25) is 10.0 Å². The van der Waals surface area contributed by atoms with Gasteiger partial charge in [-0.25, -0.2) is 13.4 Å². The summed E-state index contributed by atoms with van der Waals surface area (Å²) in [6.45, 7) is 5.64. The van der Waals surface area contributed by atoms with Gasteiger partial charge >= 0.3 is 0 Å². The van der Waals surface area contributed by atoms with Gasteiger partial charge in [-0.15, -0.1) is 11.3 Å². The minimum atomic E-state index is -3.37. The molecule has 2 heterocycles. The molecule has 10 heteroatoms. The molecular weight excluding hydrogens is 430 g/mol. The average molecular weight is 452 g/mol. The third-order valence-corrected chi connectivity index (χ3v) is 7.34. The van der Waals surface area contributed by atoms with Crippen molar-refractivity contribution in [1.82, 2.24) is 9.55 Å². The van der Waals surface area contributed by atoms with Crippen LogP contribution >= 0.6 is 23.1 Å². The second kappa shape index (κ2) is 7.92. The van der Waals surface area contributed by atoms with Crippen LogP contribution in [0.15, 0.2) is 34.2 Å². The minimum Gasteiger partial charge on any atom is -0.293 e. The van der Waals surface area contributed by atoms with Crippen LogP contribution in [0.5, 0.6) is 0 Å². The SMILES string of the molecule is Cc1sc2nc(SC(C)C(=O)c3ccc(NS(C)(=O)=O)cc3)n(C)c(=O)c2c1C. The lowest BCUT2D eigenvalue weighted by atomic mass is 10.1. The van der Waals surface area contributed by atoms with Gasteiger partial charge in [0.25, 0.3) is 5.56 Å². The Kier molecular flexibility index (Phi) is 5.88. The number of carbonyl (C=O) groups is 1. The summed E-state index contributed by atoms with van der Waals surface area (Å²) in [6.07, 6.45) is 1.06. The van der Waals surface area contributed by atoms with E-state index in [2.05, 4.69) is 9.71 Å². The fourth-order valence-electron chi connectivity index (χ4n) is 2.82. The number of hydrogen-bond acceptors (Lipinski definition) is 7. The lowest BCUT2D eigenvalue weighted by molar-refractivity contribution is 0.0994. The first-order chi connectivity index (χ1) is 13.5. The number of thiophene rings is 1. The van der Waals surface area contributed by atoms with Gasteiger partial charge in [0, 0.05) is 23.2 Å². The third-order valence-electron chi connectivity index (χ3n) is 4.49. The van der Waals surface area contributed by atoms with E-state index in [-0.39, 0.29) is 11.3 Å². The van der Waals surface area contributed by atoms with Crippen molar-refractivity contribution >= 4 is 54.8 Å². The first-order valence-electron chi connectivity index (χ1n) is 8.73. The Balaban J connectivity index is 1.84. The molecule has 1 unspecified atom stereocenters. The zero-order valence-electron chi connectivity index (χ0n) is 16.6. The highest BCUT2D eigenvalue weighted by molar-refractivity contribution is 8.00. The number of aromatic nitrogens is 2. The summed E-state index contributed by atoms with van der Waals surface area (Å²) < 4.78 is 26.4. The molecule has 1 aromatic carbocycles. The quantitative estimate of drug-likeness (QED) is 0.351. The normalized spacial score (nSPS) is 12.9. The van der Waals surface area contributed by atoms with Crippen LogP contribution in [-0.4, -0.2) is 35.3 Å². The van der Waals surface area contributed by atoms with E-state index in [1.54, 1.807) is 38.2 Å². The largest absolute Gasteiger partial charge is 0.293 e. The maximum atomic E-state index is 12.8. The molecule has 2 aromatic heterocycles. The van der Waals surface area contributed by atoms with E-state index in [9.17, 15) is 18.0 Å². The average Bonchev–Trinajstić information content (AvgIpc) is 2.92. The van der Waals surface area contributed by atoms with Gasteiger partial charge < -0.3 is 0 Å². The van der Waals surface area contributed by atoms with Gasteiger partial charge in [-0.05, 0) is 50.6 Å². The van der Waals surface area contributed by atoms with E-state index in [0.717, 1.165) is 16.7 Å². The number of nitrogens with one attached hydrogen (secondary N) is 1. The summed E-state index contributed by atoms with van der Waals surface area (Å²) in [5.74, 6) is -0.131. The summed E-state index contributed by atoms with van der Waals surface area (Å²) in [6, 6.07) is 6.24. The molecule has 0 saturated carbocycles. The lowest BCUT2D eigenvalue weighted by Gasteiger charge is -2.13. The second-order valence-corrected chi connectivity index (χ2v) is 11.1. The van der Waals surface area contributed by atoms with Crippen LogP contribution < -0.4 is 10.3 Å². The zero-order chi connectivity index (χ0) is 21.5. The van der Waals surface area contributed by atoms with E-state index in [1.165, 1.54) is 27.7 Å². The van der Waals surface area contributed by atoms with E-state index in [4.69, 9.17) is 0 Å². The molecule has 0 bridgehead atoms. The van der Waals surface area contributed by atoms with Crippen LogP contribution in [0.25, 0.3) is 10.2 Å². The number of Topliss-reactive ketones (excluding diaryl/α,β-unsaturated/α-hetero) is 1. The van der Waals surface area contributed by atoms with Crippen molar-refractivity contribution in [3.05, 3.63) is 50.6 Å². The Bertz CT molecular complexity index is 1260. The molecule has 7 nitrogen and oxygen atoms in total. The molecule has 0 fully saturated rings. The highest BCUT2D eigenvalue weighted by Gasteiger charge is 2.21. The fraction of sp³-hybridized carbons (Fsp3) is 0.316. The molecule has 29 heavy (non-hydrogen) atoms. The van der Waals surface area contributed by atoms with Crippen molar-refractivity contribution in [2.24, 2.45) is 7.05 Å². The smallest absolute Gasteiger partial charge is 0.262 e. The number of aryl methyl sites for hydroxylation is 2. The van der Waals surface area contributed by atoms with Crippen LogP contribution in [0.1, 0.15) is 27.7 Å². The molecule has 1 atom stereocenters. The van der Waals surface area contributed by atoms with Crippen LogP contribution in [-0.2, 0) is 17.1 Å². The Morgan fingerprint density at radius 1 is 1.24 bits per heavy atom. The van der Waals surface area contributed by atoms with Gasteiger partial charge in [-0.3, -0.25) is 18.9 Å². The fourth-order valence-corrected chi connectivity index (χ4v) is 5.41. The number of thioether (sulfide) groups is 1. The van der Waals surface area contributed by atoms with Crippen LogP contribution in [0.2, 0.25) is 0 Å². The van der Waals surface area contributed by atoms with Gasteiger partial charge in [-0.2, -0.15) is 0 Å². The number of sulfonamides is 1. The Labute approximate surface area is 177 Å². The molecule has 0 aliphatic carbocycles. The van der Waals surface area contributed by atoms with Crippen molar-refractivity contribution in [2.75, 3.05) is 11.0 Å². The summed E-state index contributed by atoms with van der Waals surface area (Å²) in [5.41, 5.74) is 1.68. The molecule has 3 rings (SSSR count). The highest BCUT2D eigenvalue weighted by Crippen LogP contribution is 2.30. The number of carbonyl (C=O) groups excluding carboxylic acids is 1. The van der Waals surface area contributed by atoms with E-state index in [0.29, 0.717) is 26.6 Å². The monoisotopic (exact) mass is 451 g/mol. The first kappa shape index (κ1) is 21.5. The predicted molar refractivity (Wildman–Crippen MR) is 119 cm³/mol. The first-order valence-corrected chi connectivity index (χ1v) is 12.3.